The number of hydrogen-bond acceptors (Lipinski definition) is 5. The van der Waals surface area contributed by atoms with E-state index in [1.807, 2.05) is 12.1 Å². The van der Waals surface area contributed by atoms with Gasteiger partial charge >= 0.3 is 5.97 Å². The van der Waals surface area contributed by atoms with Gasteiger partial charge in [0.25, 0.3) is 0 Å². The Balaban J connectivity index is 2.29. The zero-order chi connectivity index (χ0) is 12.4. The monoisotopic (exact) mass is 313 g/mol. The topological polar surface area (TPSA) is 75.1 Å². The van der Waals surface area contributed by atoms with Crippen molar-refractivity contribution in [3.8, 4) is 0 Å². The molecule has 0 spiro atoms. The molecule has 0 atom stereocenters. The molecule has 2 aromatic heterocycles. The smallest absolute Gasteiger partial charge is 0.354 e. The molecule has 0 unspecified atom stereocenters. The van der Waals surface area contributed by atoms with Crippen molar-refractivity contribution in [2.24, 2.45) is 0 Å². The number of nitrogens with zero attached hydrogens (tertiary/aromatic N) is 2. The summed E-state index contributed by atoms with van der Waals surface area (Å²) < 4.78 is 0.978. The average molecular weight is 314 g/mol. The van der Waals surface area contributed by atoms with E-state index >= 15 is 0 Å². The van der Waals surface area contributed by atoms with Crippen molar-refractivity contribution in [2.45, 2.75) is 6.92 Å². The van der Waals surface area contributed by atoms with Crippen LogP contribution in [-0.2, 0) is 0 Å². The minimum Gasteiger partial charge on any atom is -0.477 e. The Morgan fingerprint density at radius 1 is 1.47 bits per heavy atom. The molecule has 0 fully saturated rings. The van der Waals surface area contributed by atoms with Crippen LogP contribution in [0.5, 0.6) is 0 Å². The highest BCUT2D eigenvalue weighted by molar-refractivity contribution is 9.11. The SMILES string of the molecule is Cc1cc(C(=O)O)nc(Nc2ccc(Br)s2)n1. The summed E-state index contributed by atoms with van der Waals surface area (Å²) in [5.41, 5.74) is 0.589. The first kappa shape index (κ1) is 12.0. The van der Waals surface area contributed by atoms with Gasteiger partial charge in [-0.15, -0.1) is 11.3 Å². The number of aryl methyl sites for hydroxylation is 1. The van der Waals surface area contributed by atoms with E-state index in [1.54, 1.807) is 6.92 Å². The largest absolute Gasteiger partial charge is 0.477 e. The van der Waals surface area contributed by atoms with Crippen molar-refractivity contribution < 1.29 is 9.90 Å². The van der Waals surface area contributed by atoms with E-state index in [0.29, 0.717) is 5.69 Å². The molecule has 2 aromatic rings. The highest BCUT2D eigenvalue weighted by Gasteiger charge is 2.09. The zero-order valence-corrected chi connectivity index (χ0v) is 11.2. The molecule has 2 N–H and O–H groups in total. The first-order valence-corrected chi connectivity index (χ1v) is 6.27. The predicted octanol–water partition coefficient (Wildman–Crippen LogP) is 3.05. The van der Waals surface area contributed by atoms with Gasteiger partial charge < -0.3 is 10.4 Å². The third kappa shape index (κ3) is 3.01. The number of thiophene rings is 1. The number of hydrogen-bond donors (Lipinski definition) is 2. The normalized spacial score (nSPS) is 10.2. The van der Waals surface area contributed by atoms with E-state index in [-0.39, 0.29) is 11.6 Å². The Hall–Kier alpha value is -1.47. The van der Waals surface area contributed by atoms with Crippen LogP contribution >= 0.6 is 27.3 Å². The molecule has 0 amide bonds. The van der Waals surface area contributed by atoms with Gasteiger partial charge in [-0.05, 0) is 41.1 Å². The van der Waals surface area contributed by atoms with Gasteiger partial charge in [0, 0.05) is 5.69 Å². The Morgan fingerprint density at radius 2 is 2.24 bits per heavy atom. The van der Waals surface area contributed by atoms with Gasteiger partial charge in [0.05, 0.1) is 8.79 Å². The molecule has 0 aromatic carbocycles. The molecule has 2 heterocycles. The summed E-state index contributed by atoms with van der Waals surface area (Å²) in [5, 5.41) is 12.7. The second kappa shape index (κ2) is 4.80. The standard InChI is InChI=1S/C10H8BrN3O2S/c1-5-4-6(9(15)16)13-10(12-5)14-8-3-2-7(11)17-8/h2-4H,1H3,(H,15,16)(H,12,13,14). The number of halogens is 1. The van der Waals surface area contributed by atoms with Gasteiger partial charge in [0.2, 0.25) is 5.95 Å². The van der Waals surface area contributed by atoms with Gasteiger partial charge in [-0.1, -0.05) is 0 Å². The number of anilines is 2. The average Bonchev–Trinajstić information content (AvgIpc) is 2.63. The van der Waals surface area contributed by atoms with E-state index in [0.717, 1.165) is 8.79 Å². The minimum atomic E-state index is -1.06. The summed E-state index contributed by atoms with van der Waals surface area (Å²) in [6.45, 7) is 1.73. The van der Waals surface area contributed by atoms with E-state index < -0.39 is 5.97 Å². The number of carboxylic acid groups (broad SMARTS) is 1. The van der Waals surface area contributed by atoms with Gasteiger partial charge in [0.15, 0.2) is 5.69 Å². The molecule has 7 heteroatoms. The predicted molar refractivity (Wildman–Crippen MR) is 69.0 cm³/mol. The molecule has 0 aliphatic carbocycles. The van der Waals surface area contributed by atoms with Crippen LogP contribution in [-0.4, -0.2) is 21.0 Å². The van der Waals surface area contributed by atoms with Crippen molar-refractivity contribution in [3.63, 3.8) is 0 Å². The molecule has 88 valence electrons. The van der Waals surface area contributed by atoms with Gasteiger partial charge in [0.1, 0.15) is 0 Å². The van der Waals surface area contributed by atoms with Crippen LogP contribution in [0.25, 0.3) is 0 Å². The maximum absolute atomic E-state index is 10.8. The highest BCUT2D eigenvalue weighted by atomic mass is 79.9. The van der Waals surface area contributed by atoms with E-state index in [2.05, 4.69) is 31.2 Å². The molecule has 0 aliphatic rings. The fraction of sp³-hybridized carbons (Fsp3) is 0.100. The third-order valence-corrected chi connectivity index (χ3v) is 3.42. The molecule has 0 radical (unpaired) electrons. The molecule has 0 saturated carbocycles. The highest BCUT2D eigenvalue weighted by Crippen LogP contribution is 2.28. The van der Waals surface area contributed by atoms with E-state index in [4.69, 9.17) is 5.11 Å². The van der Waals surface area contributed by atoms with Crippen LogP contribution < -0.4 is 5.32 Å². The summed E-state index contributed by atoms with van der Waals surface area (Å²) in [7, 11) is 0. The van der Waals surface area contributed by atoms with Crippen LogP contribution in [0.4, 0.5) is 10.9 Å². The molecule has 2 rings (SSSR count). The first-order valence-electron chi connectivity index (χ1n) is 4.66. The molecule has 0 aliphatic heterocycles. The number of carboxylic acids is 1. The molecule has 0 bridgehead atoms. The lowest BCUT2D eigenvalue weighted by Gasteiger charge is -2.03. The van der Waals surface area contributed by atoms with Crippen molar-refractivity contribution >= 4 is 44.2 Å². The summed E-state index contributed by atoms with van der Waals surface area (Å²) in [4.78, 5) is 18.9. The summed E-state index contributed by atoms with van der Waals surface area (Å²) >= 11 is 4.82. The minimum absolute atomic E-state index is 0.0179. The van der Waals surface area contributed by atoms with Crippen LogP contribution in [0.15, 0.2) is 22.0 Å². The Labute approximate surface area is 110 Å². The number of aromatic carboxylic acids is 1. The van der Waals surface area contributed by atoms with Gasteiger partial charge in [-0.3, -0.25) is 0 Å². The Bertz CT molecular complexity index is 570. The van der Waals surface area contributed by atoms with Crippen LogP contribution in [0.1, 0.15) is 16.2 Å². The lowest BCUT2D eigenvalue weighted by Crippen LogP contribution is -2.05. The van der Waals surface area contributed by atoms with Gasteiger partial charge in [-0.2, -0.15) is 0 Å². The summed E-state index contributed by atoms with van der Waals surface area (Å²) in [6, 6.07) is 5.18. The lowest BCUT2D eigenvalue weighted by atomic mass is 10.3. The van der Waals surface area contributed by atoms with Crippen molar-refractivity contribution in [1.29, 1.82) is 0 Å². The van der Waals surface area contributed by atoms with Crippen LogP contribution in [0.2, 0.25) is 0 Å². The van der Waals surface area contributed by atoms with E-state index in [9.17, 15) is 4.79 Å². The quantitative estimate of drug-likeness (QED) is 0.911. The summed E-state index contributed by atoms with van der Waals surface area (Å²) in [6.07, 6.45) is 0. The second-order valence-electron chi connectivity index (χ2n) is 3.25. The van der Waals surface area contributed by atoms with Crippen LogP contribution in [0, 0.1) is 6.92 Å². The fourth-order valence-corrected chi connectivity index (χ4v) is 2.51. The van der Waals surface area contributed by atoms with Crippen LogP contribution in [0.3, 0.4) is 0 Å². The molecular formula is C10H8BrN3O2S. The van der Waals surface area contributed by atoms with E-state index in [1.165, 1.54) is 17.4 Å². The zero-order valence-electron chi connectivity index (χ0n) is 8.77. The Morgan fingerprint density at radius 3 is 2.82 bits per heavy atom. The summed E-state index contributed by atoms with van der Waals surface area (Å²) in [5.74, 6) is -0.775. The molecule has 0 saturated heterocycles. The Kier molecular flexibility index (Phi) is 3.39. The third-order valence-electron chi connectivity index (χ3n) is 1.88. The first-order chi connectivity index (χ1) is 8.04. The maximum atomic E-state index is 10.8. The second-order valence-corrected chi connectivity index (χ2v) is 5.72. The lowest BCUT2D eigenvalue weighted by molar-refractivity contribution is 0.0690. The number of rotatable bonds is 3. The molecule has 5 nitrogen and oxygen atoms in total. The van der Waals surface area contributed by atoms with Gasteiger partial charge in [-0.25, -0.2) is 14.8 Å². The fourth-order valence-electron chi connectivity index (χ4n) is 1.23. The molecule has 17 heavy (non-hydrogen) atoms. The van der Waals surface area contributed by atoms with Crippen molar-refractivity contribution in [3.05, 3.63) is 33.4 Å². The number of aromatic nitrogens is 2. The van der Waals surface area contributed by atoms with Crippen molar-refractivity contribution in [2.75, 3.05) is 5.32 Å². The number of carbonyl (C=O) groups is 1. The maximum Gasteiger partial charge on any atom is 0.354 e. The number of nitrogens with one attached hydrogen (secondary N) is 1. The van der Waals surface area contributed by atoms with Crippen molar-refractivity contribution in [1.82, 2.24) is 9.97 Å². The molecular weight excluding hydrogens is 306 g/mol.